The number of ketones is 1. The Bertz CT molecular complexity index is 519. The van der Waals surface area contributed by atoms with Crippen LogP contribution in [0, 0.1) is 0 Å². The molecule has 1 saturated carbocycles. The van der Waals surface area contributed by atoms with Crippen molar-refractivity contribution in [3.05, 3.63) is 29.3 Å². The maximum Gasteiger partial charge on any atom is 0.228 e. The lowest BCUT2D eigenvalue weighted by atomic mass is 10.0. The van der Waals surface area contributed by atoms with E-state index in [9.17, 15) is 9.59 Å². The molecule has 1 fully saturated rings. The van der Waals surface area contributed by atoms with Gasteiger partial charge in [-0.1, -0.05) is 12.8 Å². The molecule has 0 unspecified atom stereocenters. The zero-order valence-corrected chi connectivity index (χ0v) is 10.9. The Hall–Kier alpha value is -1.68. The monoisotopic (exact) mass is 258 g/mol. The van der Waals surface area contributed by atoms with E-state index in [0.717, 1.165) is 11.3 Å². The van der Waals surface area contributed by atoms with Crippen LogP contribution < -0.4 is 10.6 Å². The summed E-state index contributed by atoms with van der Waals surface area (Å²) >= 11 is 0. The fourth-order valence-electron chi connectivity index (χ4n) is 2.87. The van der Waals surface area contributed by atoms with E-state index in [1.165, 1.54) is 25.7 Å². The van der Waals surface area contributed by atoms with Crippen LogP contribution in [0.1, 0.15) is 41.6 Å². The Kier molecular flexibility index (Phi) is 3.34. The predicted molar refractivity (Wildman–Crippen MR) is 73.4 cm³/mol. The number of benzene rings is 1. The molecule has 19 heavy (non-hydrogen) atoms. The van der Waals surface area contributed by atoms with Crippen molar-refractivity contribution in [3.8, 4) is 0 Å². The van der Waals surface area contributed by atoms with Gasteiger partial charge in [0.15, 0.2) is 5.78 Å². The van der Waals surface area contributed by atoms with Gasteiger partial charge in [0, 0.05) is 17.3 Å². The smallest absolute Gasteiger partial charge is 0.228 e. The molecule has 4 nitrogen and oxygen atoms in total. The van der Waals surface area contributed by atoms with Crippen molar-refractivity contribution in [1.29, 1.82) is 0 Å². The third-order valence-corrected chi connectivity index (χ3v) is 3.96. The zero-order chi connectivity index (χ0) is 13.2. The van der Waals surface area contributed by atoms with Crippen molar-refractivity contribution in [3.63, 3.8) is 0 Å². The van der Waals surface area contributed by atoms with Crippen LogP contribution in [0.4, 0.5) is 5.69 Å². The lowest BCUT2D eigenvalue weighted by Gasteiger charge is -2.11. The van der Waals surface area contributed by atoms with Gasteiger partial charge in [-0.2, -0.15) is 0 Å². The van der Waals surface area contributed by atoms with Crippen molar-refractivity contribution in [2.24, 2.45) is 0 Å². The molecule has 0 radical (unpaired) electrons. The number of anilines is 1. The number of Topliss-reactive ketones (excluding diaryl/α,β-unsaturated/α-hetero) is 1. The number of hydrogen-bond donors (Lipinski definition) is 2. The Morgan fingerprint density at radius 1 is 1.32 bits per heavy atom. The van der Waals surface area contributed by atoms with Gasteiger partial charge in [0.05, 0.1) is 13.0 Å². The summed E-state index contributed by atoms with van der Waals surface area (Å²) in [7, 11) is 0. The molecule has 1 aromatic carbocycles. The van der Waals surface area contributed by atoms with Crippen molar-refractivity contribution >= 4 is 17.4 Å². The molecular weight excluding hydrogens is 240 g/mol. The minimum absolute atomic E-state index is 0.00341. The second kappa shape index (κ2) is 5.13. The highest BCUT2D eigenvalue weighted by Crippen LogP contribution is 2.24. The van der Waals surface area contributed by atoms with Crippen molar-refractivity contribution < 1.29 is 9.59 Å². The van der Waals surface area contributed by atoms with Crippen LogP contribution in [0.15, 0.2) is 18.2 Å². The summed E-state index contributed by atoms with van der Waals surface area (Å²) < 4.78 is 0. The second-order valence-electron chi connectivity index (χ2n) is 5.38. The normalized spacial score (nSPS) is 18.4. The highest BCUT2D eigenvalue weighted by Gasteiger charge is 2.20. The van der Waals surface area contributed by atoms with Gasteiger partial charge in [0.1, 0.15) is 0 Å². The first-order chi connectivity index (χ1) is 9.22. The Morgan fingerprint density at radius 2 is 2.11 bits per heavy atom. The van der Waals surface area contributed by atoms with Crippen LogP contribution in [-0.4, -0.2) is 24.3 Å². The maximum atomic E-state index is 12.1. The maximum absolute atomic E-state index is 12.1. The summed E-state index contributed by atoms with van der Waals surface area (Å²) in [6.07, 6.45) is 5.26. The van der Waals surface area contributed by atoms with E-state index in [-0.39, 0.29) is 11.7 Å². The Balaban J connectivity index is 1.63. The first kappa shape index (κ1) is 12.4. The van der Waals surface area contributed by atoms with Crippen molar-refractivity contribution in [2.75, 3.05) is 11.9 Å². The molecule has 0 aromatic heterocycles. The first-order valence-electron chi connectivity index (χ1n) is 6.92. The van der Waals surface area contributed by atoms with Crippen LogP contribution in [0.5, 0.6) is 0 Å². The van der Waals surface area contributed by atoms with Gasteiger partial charge in [0.25, 0.3) is 0 Å². The Labute approximate surface area is 112 Å². The number of amides is 1. The fraction of sp³-hybridized carbons (Fsp3) is 0.467. The number of rotatable bonds is 4. The van der Waals surface area contributed by atoms with E-state index in [2.05, 4.69) is 10.6 Å². The highest BCUT2D eigenvalue weighted by molar-refractivity contribution is 6.02. The minimum atomic E-state index is 0.00341. The van der Waals surface area contributed by atoms with Gasteiger partial charge in [0.2, 0.25) is 5.91 Å². The van der Waals surface area contributed by atoms with E-state index in [1.54, 1.807) is 6.07 Å². The standard InChI is InChI=1S/C15H18N2O2/c18-14(9-16-12-3-1-2-4-12)10-5-6-13-11(7-10)8-15(19)17-13/h5-7,12,16H,1-4,8-9H2,(H,17,19). The molecule has 2 N–H and O–H groups in total. The molecule has 0 atom stereocenters. The summed E-state index contributed by atoms with van der Waals surface area (Å²) in [6, 6.07) is 5.96. The van der Waals surface area contributed by atoms with Gasteiger partial charge >= 0.3 is 0 Å². The average molecular weight is 258 g/mol. The summed E-state index contributed by atoms with van der Waals surface area (Å²) in [5.41, 5.74) is 2.46. The van der Waals surface area contributed by atoms with Crippen molar-refractivity contribution in [1.82, 2.24) is 5.32 Å². The average Bonchev–Trinajstić information content (AvgIpc) is 3.02. The number of fused-ring (bicyclic) bond motifs is 1. The van der Waals surface area contributed by atoms with Crippen LogP contribution in [0.2, 0.25) is 0 Å². The molecule has 0 saturated heterocycles. The largest absolute Gasteiger partial charge is 0.326 e. The van der Waals surface area contributed by atoms with Gasteiger partial charge < -0.3 is 10.6 Å². The number of nitrogens with one attached hydrogen (secondary N) is 2. The van der Waals surface area contributed by atoms with Crippen LogP contribution >= 0.6 is 0 Å². The molecular formula is C15H18N2O2. The topological polar surface area (TPSA) is 58.2 Å². The molecule has 0 spiro atoms. The number of carbonyl (C=O) groups is 2. The number of hydrogen-bond acceptors (Lipinski definition) is 3. The molecule has 1 aromatic rings. The van der Waals surface area contributed by atoms with E-state index in [1.807, 2.05) is 12.1 Å². The molecule has 0 bridgehead atoms. The fourth-order valence-corrected chi connectivity index (χ4v) is 2.87. The first-order valence-corrected chi connectivity index (χ1v) is 6.92. The molecule has 3 rings (SSSR count). The predicted octanol–water partition coefficient (Wildman–Crippen LogP) is 1.90. The molecule has 4 heteroatoms. The highest BCUT2D eigenvalue weighted by atomic mass is 16.1. The summed E-state index contributed by atoms with van der Waals surface area (Å²) in [4.78, 5) is 23.4. The van der Waals surface area contributed by atoms with E-state index in [4.69, 9.17) is 0 Å². The lowest BCUT2D eigenvalue weighted by Crippen LogP contribution is -2.31. The molecule has 1 amide bonds. The summed E-state index contributed by atoms with van der Waals surface area (Å²) in [5, 5.41) is 6.10. The minimum Gasteiger partial charge on any atom is -0.326 e. The third-order valence-electron chi connectivity index (χ3n) is 3.96. The molecule has 1 aliphatic carbocycles. The van der Waals surface area contributed by atoms with Gasteiger partial charge in [-0.15, -0.1) is 0 Å². The van der Waals surface area contributed by atoms with E-state index in [0.29, 0.717) is 24.6 Å². The zero-order valence-electron chi connectivity index (χ0n) is 10.9. The van der Waals surface area contributed by atoms with Gasteiger partial charge in [-0.25, -0.2) is 0 Å². The van der Waals surface area contributed by atoms with Gasteiger partial charge in [-0.3, -0.25) is 9.59 Å². The number of carbonyl (C=O) groups excluding carboxylic acids is 2. The van der Waals surface area contributed by atoms with Crippen molar-refractivity contribution in [2.45, 2.75) is 38.1 Å². The van der Waals surface area contributed by atoms with Crippen LogP contribution in [0.25, 0.3) is 0 Å². The van der Waals surface area contributed by atoms with E-state index >= 15 is 0 Å². The lowest BCUT2D eigenvalue weighted by molar-refractivity contribution is -0.115. The quantitative estimate of drug-likeness (QED) is 0.811. The van der Waals surface area contributed by atoms with Crippen LogP contribution in [-0.2, 0) is 11.2 Å². The third kappa shape index (κ3) is 2.68. The van der Waals surface area contributed by atoms with Gasteiger partial charge in [-0.05, 0) is 36.6 Å². The molecule has 1 aliphatic heterocycles. The molecule has 1 heterocycles. The van der Waals surface area contributed by atoms with E-state index < -0.39 is 0 Å². The SMILES string of the molecule is O=C1Cc2cc(C(=O)CNC3CCCC3)ccc2N1. The molecule has 100 valence electrons. The summed E-state index contributed by atoms with van der Waals surface area (Å²) in [6.45, 7) is 0.394. The second-order valence-corrected chi connectivity index (χ2v) is 5.38. The summed E-state index contributed by atoms with van der Waals surface area (Å²) in [5.74, 6) is 0.109. The van der Waals surface area contributed by atoms with Crippen LogP contribution in [0.3, 0.4) is 0 Å². The Morgan fingerprint density at radius 3 is 2.89 bits per heavy atom. The molecule has 2 aliphatic rings.